The number of benzene rings is 1. The van der Waals surface area contributed by atoms with Crippen LogP contribution in [-0.2, 0) is 11.2 Å². The van der Waals surface area contributed by atoms with Crippen molar-refractivity contribution < 1.29 is 9.59 Å². The maximum atomic E-state index is 12.0. The van der Waals surface area contributed by atoms with Crippen molar-refractivity contribution in [3.8, 4) is 0 Å². The molecule has 120 valence electrons. The van der Waals surface area contributed by atoms with Gasteiger partial charge in [-0.05, 0) is 43.9 Å². The number of carbonyl (C=O) groups is 2. The maximum Gasteiger partial charge on any atom is 0.321 e. The molecular formula is C17H25N3O2. The Bertz CT molecular complexity index is 530. The molecule has 2 rings (SSSR count). The number of amides is 3. The van der Waals surface area contributed by atoms with Crippen LogP contribution in [0.2, 0.25) is 0 Å². The van der Waals surface area contributed by atoms with Crippen molar-refractivity contribution in [3.05, 3.63) is 35.4 Å². The molecule has 0 fully saturated rings. The number of urea groups is 1. The average molecular weight is 303 g/mol. The first-order chi connectivity index (χ1) is 10.6. The minimum Gasteiger partial charge on any atom is -0.338 e. The highest BCUT2D eigenvalue weighted by molar-refractivity contribution is 5.95. The maximum absolute atomic E-state index is 12.0. The minimum absolute atomic E-state index is 0.221. The lowest BCUT2D eigenvalue weighted by Gasteiger charge is -2.32. The van der Waals surface area contributed by atoms with E-state index in [0.717, 1.165) is 25.7 Å². The number of nitrogens with one attached hydrogen (secondary N) is 2. The predicted molar refractivity (Wildman–Crippen MR) is 86.6 cm³/mol. The molecule has 0 radical (unpaired) electrons. The van der Waals surface area contributed by atoms with E-state index in [2.05, 4.69) is 28.8 Å². The number of rotatable bonds is 5. The Balaban J connectivity index is 1.91. The molecule has 1 aromatic carbocycles. The fraction of sp³-hybridized carbons (Fsp3) is 0.529. The van der Waals surface area contributed by atoms with E-state index < -0.39 is 6.03 Å². The van der Waals surface area contributed by atoms with Gasteiger partial charge in [0, 0.05) is 12.6 Å². The smallest absolute Gasteiger partial charge is 0.321 e. The van der Waals surface area contributed by atoms with Crippen molar-refractivity contribution >= 4 is 11.9 Å². The van der Waals surface area contributed by atoms with Gasteiger partial charge in [-0.1, -0.05) is 31.2 Å². The molecule has 0 bridgehead atoms. The van der Waals surface area contributed by atoms with Gasteiger partial charge < -0.3 is 5.32 Å². The number of carbonyl (C=O) groups excluding carboxylic acids is 2. The van der Waals surface area contributed by atoms with Crippen LogP contribution in [0.3, 0.4) is 0 Å². The number of hydrogen-bond acceptors (Lipinski definition) is 3. The third kappa shape index (κ3) is 4.31. The molecule has 1 aliphatic rings. The molecule has 1 aromatic rings. The normalized spacial score (nSPS) is 17.0. The molecule has 1 aliphatic carbocycles. The van der Waals surface area contributed by atoms with Gasteiger partial charge >= 0.3 is 6.03 Å². The molecule has 0 unspecified atom stereocenters. The van der Waals surface area contributed by atoms with E-state index in [-0.39, 0.29) is 18.5 Å². The summed E-state index contributed by atoms with van der Waals surface area (Å²) < 4.78 is 0. The van der Waals surface area contributed by atoms with Gasteiger partial charge in [-0.25, -0.2) is 4.79 Å². The molecule has 0 saturated carbocycles. The lowest BCUT2D eigenvalue weighted by Crippen LogP contribution is -2.44. The summed E-state index contributed by atoms with van der Waals surface area (Å²) in [5.74, 6) is -0.265. The van der Waals surface area contributed by atoms with Gasteiger partial charge in [-0.2, -0.15) is 0 Å². The van der Waals surface area contributed by atoms with Crippen molar-refractivity contribution in [1.82, 2.24) is 15.5 Å². The first kappa shape index (κ1) is 16.5. The molecule has 2 N–H and O–H groups in total. The molecular weight excluding hydrogens is 278 g/mol. The standard InChI is InChI=1S/C17H25N3O2/c1-3-11-18-17(22)19-16(21)12-20(2)15-10-6-8-13-7-4-5-9-14(13)15/h4-5,7,9,15H,3,6,8,10-12H2,1-2H3,(H2,18,19,21,22)/t15-/m0/s1. The van der Waals surface area contributed by atoms with Crippen molar-refractivity contribution in [2.24, 2.45) is 0 Å². The lowest BCUT2D eigenvalue weighted by atomic mass is 9.87. The van der Waals surface area contributed by atoms with Crippen LogP contribution < -0.4 is 10.6 Å². The molecule has 0 saturated heterocycles. The van der Waals surface area contributed by atoms with Crippen LogP contribution in [0.5, 0.6) is 0 Å². The molecule has 0 spiro atoms. The SMILES string of the molecule is CCCNC(=O)NC(=O)CN(C)[C@H]1CCCc2ccccc21. The van der Waals surface area contributed by atoms with E-state index >= 15 is 0 Å². The van der Waals surface area contributed by atoms with Gasteiger partial charge in [-0.15, -0.1) is 0 Å². The van der Waals surface area contributed by atoms with Crippen LogP contribution >= 0.6 is 0 Å². The summed E-state index contributed by atoms with van der Waals surface area (Å²) in [6.07, 6.45) is 4.12. The van der Waals surface area contributed by atoms with Gasteiger partial charge in [0.15, 0.2) is 0 Å². The Hall–Kier alpha value is -1.88. The number of likely N-dealkylation sites (N-methyl/N-ethyl adjacent to an activating group) is 1. The summed E-state index contributed by atoms with van der Waals surface area (Å²) in [6.45, 7) is 2.76. The number of nitrogens with zero attached hydrogens (tertiary/aromatic N) is 1. The van der Waals surface area contributed by atoms with Gasteiger partial charge in [0.05, 0.1) is 6.54 Å². The molecule has 0 heterocycles. The van der Waals surface area contributed by atoms with E-state index in [1.807, 2.05) is 24.9 Å². The summed E-state index contributed by atoms with van der Waals surface area (Å²) in [4.78, 5) is 25.5. The summed E-state index contributed by atoms with van der Waals surface area (Å²) in [5.41, 5.74) is 2.67. The van der Waals surface area contributed by atoms with Crippen LogP contribution in [0.15, 0.2) is 24.3 Å². The molecule has 1 atom stereocenters. The summed E-state index contributed by atoms with van der Waals surface area (Å²) in [7, 11) is 1.94. The Morgan fingerprint density at radius 3 is 2.86 bits per heavy atom. The zero-order valence-electron chi connectivity index (χ0n) is 13.4. The molecule has 5 heteroatoms. The van der Waals surface area contributed by atoms with Crippen LogP contribution in [0.4, 0.5) is 4.79 Å². The lowest BCUT2D eigenvalue weighted by molar-refractivity contribution is -0.121. The highest BCUT2D eigenvalue weighted by Gasteiger charge is 2.24. The monoisotopic (exact) mass is 303 g/mol. The Kier molecular flexibility index (Phi) is 5.95. The van der Waals surface area contributed by atoms with Crippen molar-refractivity contribution in [2.45, 2.75) is 38.6 Å². The first-order valence-electron chi connectivity index (χ1n) is 7.97. The minimum atomic E-state index is -0.413. The molecule has 0 aliphatic heterocycles. The van der Waals surface area contributed by atoms with Gasteiger partial charge in [-0.3, -0.25) is 15.0 Å². The van der Waals surface area contributed by atoms with Gasteiger partial charge in [0.2, 0.25) is 5.91 Å². The number of hydrogen-bond donors (Lipinski definition) is 2. The summed E-state index contributed by atoms with van der Waals surface area (Å²) in [6, 6.07) is 8.24. The van der Waals surface area contributed by atoms with Gasteiger partial charge in [0.25, 0.3) is 0 Å². The van der Waals surface area contributed by atoms with E-state index in [0.29, 0.717) is 6.54 Å². The number of imide groups is 1. The van der Waals surface area contributed by atoms with Gasteiger partial charge in [0.1, 0.15) is 0 Å². The highest BCUT2D eigenvalue weighted by Crippen LogP contribution is 2.33. The van der Waals surface area contributed by atoms with Crippen LogP contribution in [0.1, 0.15) is 43.4 Å². The second-order valence-corrected chi connectivity index (χ2v) is 5.83. The molecule has 22 heavy (non-hydrogen) atoms. The first-order valence-corrected chi connectivity index (χ1v) is 7.97. The van der Waals surface area contributed by atoms with E-state index in [1.165, 1.54) is 11.1 Å². The third-order valence-corrected chi connectivity index (χ3v) is 4.05. The van der Waals surface area contributed by atoms with Crippen molar-refractivity contribution in [1.29, 1.82) is 0 Å². The van der Waals surface area contributed by atoms with Crippen LogP contribution in [0.25, 0.3) is 0 Å². The van der Waals surface area contributed by atoms with Crippen molar-refractivity contribution in [3.63, 3.8) is 0 Å². The van der Waals surface area contributed by atoms with E-state index in [9.17, 15) is 9.59 Å². The van der Waals surface area contributed by atoms with Crippen molar-refractivity contribution in [2.75, 3.05) is 20.1 Å². The Morgan fingerprint density at radius 1 is 1.32 bits per heavy atom. The fourth-order valence-electron chi connectivity index (χ4n) is 2.97. The second kappa shape index (κ2) is 7.94. The van der Waals surface area contributed by atoms with Crippen LogP contribution in [0, 0.1) is 0 Å². The Morgan fingerprint density at radius 2 is 2.09 bits per heavy atom. The highest BCUT2D eigenvalue weighted by atomic mass is 16.2. The molecule has 5 nitrogen and oxygen atoms in total. The fourth-order valence-corrected chi connectivity index (χ4v) is 2.97. The van der Waals surface area contributed by atoms with Crippen LogP contribution in [-0.4, -0.2) is 37.0 Å². The summed E-state index contributed by atoms with van der Waals surface area (Å²) in [5, 5.41) is 5.02. The number of aryl methyl sites for hydroxylation is 1. The van der Waals surface area contributed by atoms with E-state index in [4.69, 9.17) is 0 Å². The zero-order valence-corrected chi connectivity index (χ0v) is 13.4. The topological polar surface area (TPSA) is 61.4 Å². The van der Waals surface area contributed by atoms with E-state index in [1.54, 1.807) is 0 Å². The molecule has 3 amide bonds. The quantitative estimate of drug-likeness (QED) is 0.877. The third-order valence-electron chi connectivity index (χ3n) is 4.05. The largest absolute Gasteiger partial charge is 0.338 e. The zero-order chi connectivity index (χ0) is 15.9. The predicted octanol–water partition coefficient (Wildman–Crippen LogP) is 2.23. The summed E-state index contributed by atoms with van der Waals surface area (Å²) >= 11 is 0. The Labute approximate surface area is 132 Å². The molecule has 0 aromatic heterocycles. The number of fused-ring (bicyclic) bond motifs is 1. The average Bonchev–Trinajstić information content (AvgIpc) is 2.52. The second-order valence-electron chi connectivity index (χ2n) is 5.83.